The SMILES string of the molecule is C.COc1ccc(S(=O)(=O)Nc2ccc(C)n(CC(=O)NCCON=C(N)N)c2=O)cc1OC. The van der Waals surface area contributed by atoms with Crippen LogP contribution in [-0.4, -0.2) is 52.2 Å². The van der Waals surface area contributed by atoms with E-state index in [1.807, 2.05) is 0 Å². The summed E-state index contributed by atoms with van der Waals surface area (Å²) < 4.78 is 39.3. The summed E-state index contributed by atoms with van der Waals surface area (Å²) in [6.45, 7) is 1.39. The van der Waals surface area contributed by atoms with E-state index in [0.717, 1.165) is 4.57 Å². The highest BCUT2D eigenvalue weighted by molar-refractivity contribution is 7.92. The number of aryl methyl sites for hydroxylation is 1. The van der Waals surface area contributed by atoms with E-state index in [-0.39, 0.29) is 49.4 Å². The van der Waals surface area contributed by atoms with Crippen molar-refractivity contribution in [3.05, 3.63) is 46.4 Å². The van der Waals surface area contributed by atoms with Gasteiger partial charge in [0, 0.05) is 11.8 Å². The number of hydrogen-bond acceptors (Lipinski definition) is 8. The van der Waals surface area contributed by atoms with Gasteiger partial charge >= 0.3 is 0 Å². The molecular formula is C20H30N6O7S. The highest BCUT2D eigenvalue weighted by atomic mass is 32.2. The monoisotopic (exact) mass is 498 g/mol. The summed E-state index contributed by atoms with van der Waals surface area (Å²) in [4.78, 5) is 29.7. The van der Waals surface area contributed by atoms with Crippen LogP contribution in [0.5, 0.6) is 11.5 Å². The number of aromatic nitrogens is 1. The van der Waals surface area contributed by atoms with Gasteiger partial charge in [0.2, 0.25) is 11.9 Å². The third kappa shape index (κ3) is 7.30. The number of carbonyl (C=O) groups excluding carboxylic acids is 1. The third-order valence-electron chi connectivity index (χ3n) is 4.29. The van der Waals surface area contributed by atoms with Gasteiger partial charge in [0.05, 0.1) is 25.7 Å². The van der Waals surface area contributed by atoms with Crippen LogP contribution in [-0.2, 0) is 26.2 Å². The highest BCUT2D eigenvalue weighted by Crippen LogP contribution is 2.29. The number of rotatable bonds is 11. The standard InChI is InChI=1S/C19H26N6O7S.CH4/c1-12-4-6-14(18(27)25(12)11-17(26)22-8-9-32-23-19(20)21)24-33(28,29)13-5-7-15(30-2)16(10-13)31-3;/h4-7,10,24H,8-9,11H2,1-3H3,(H,22,26)(H4,20,21,23);1H4. The lowest BCUT2D eigenvalue weighted by molar-refractivity contribution is -0.122. The van der Waals surface area contributed by atoms with Gasteiger partial charge in [-0.2, -0.15) is 0 Å². The average molecular weight is 499 g/mol. The van der Waals surface area contributed by atoms with Crippen molar-refractivity contribution in [2.24, 2.45) is 16.6 Å². The first-order valence-corrected chi connectivity index (χ1v) is 11.0. The lowest BCUT2D eigenvalue weighted by Crippen LogP contribution is -2.36. The molecule has 1 aromatic carbocycles. The number of oxime groups is 1. The molecule has 188 valence electrons. The molecule has 0 radical (unpaired) electrons. The van der Waals surface area contributed by atoms with E-state index in [1.54, 1.807) is 6.92 Å². The Hall–Kier alpha value is -3.94. The summed E-state index contributed by atoms with van der Waals surface area (Å²) in [7, 11) is -1.33. The molecule has 14 heteroatoms. The van der Waals surface area contributed by atoms with Crippen molar-refractivity contribution in [1.29, 1.82) is 0 Å². The fourth-order valence-corrected chi connectivity index (χ4v) is 3.76. The van der Waals surface area contributed by atoms with Crippen molar-refractivity contribution in [2.75, 3.05) is 32.1 Å². The topological polar surface area (TPSA) is 189 Å². The number of sulfonamides is 1. The molecule has 0 aliphatic carbocycles. The first kappa shape index (κ1) is 28.1. The molecule has 0 atom stereocenters. The number of hydrogen-bond donors (Lipinski definition) is 4. The van der Waals surface area contributed by atoms with Crippen LogP contribution in [0.3, 0.4) is 0 Å². The summed E-state index contributed by atoms with van der Waals surface area (Å²) in [5, 5.41) is 5.85. The number of pyridine rings is 1. The maximum atomic E-state index is 12.9. The number of guanidine groups is 1. The van der Waals surface area contributed by atoms with Crippen molar-refractivity contribution in [2.45, 2.75) is 25.8 Å². The minimum absolute atomic E-state index is 0. The normalized spacial score (nSPS) is 10.4. The first-order chi connectivity index (χ1) is 15.6. The van der Waals surface area contributed by atoms with E-state index >= 15 is 0 Å². The lowest BCUT2D eigenvalue weighted by atomic mass is 10.3. The second-order valence-electron chi connectivity index (χ2n) is 6.60. The highest BCUT2D eigenvalue weighted by Gasteiger charge is 2.20. The molecule has 0 aliphatic heterocycles. The number of methoxy groups -OCH3 is 2. The Kier molecular flexibility index (Phi) is 10.2. The van der Waals surface area contributed by atoms with Crippen molar-refractivity contribution in [3.63, 3.8) is 0 Å². The summed E-state index contributed by atoms with van der Waals surface area (Å²) in [5.74, 6) is -0.185. The van der Waals surface area contributed by atoms with Crippen LogP contribution < -0.4 is 36.5 Å². The lowest BCUT2D eigenvalue weighted by Gasteiger charge is -2.14. The minimum Gasteiger partial charge on any atom is -0.493 e. The largest absolute Gasteiger partial charge is 0.493 e. The predicted octanol–water partition coefficient (Wildman–Crippen LogP) is -0.0680. The van der Waals surface area contributed by atoms with Crippen LogP contribution in [0.4, 0.5) is 5.69 Å². The predicted molar refractivity (Wildman–Crippen MR) is 127 cm³/mol. The van der Waals surface area contributed by atoms with Crippen LogP contribution in [0.1, 0.15) is 13.1 Å². The molecule has 0 fully saturated rings. The molecular weight excluding hydrogens is 468 g/mol. The molecule has 34 heavy (non-hydrogen) atoms. The molecule has 1 heterocycles. The van der Waals surface area contributed by atoms with Gasteiger partial charge in [0.1, 0.15) is 18.8 Å². The van der Waals surface area contributed by atoms with Crippen LogP contribution in [0, 0.1) is 6.92 Å². The Morgan fingerprint density at radius 1 is 1.12 bits per heavy atom. The number of nitrogens with zero attached hydrogens (tertiary/aromatic N) is 2. The van der Waals surface area contributed by atoms with Crippen LogP contribution in [0.25, 0.3) is 0 Å². The Bertz CT molecular complexity index is 1190. The maximum absolute atomic E-state index is 12.9. The second kappa shape index (κ2) is 12.3. The maximum Gasteiger partial charge on any atom is 0.275 e. The fourth-order valence-electron chi connectivity index (χ4n) is 2.69. The first-order valence-electron chi connectivity index (χ1n) is 9.52. The van der Waals surface area contributed by atoms with E-state index in [0.29, 0.717) is 11.4 Å². The van der Waals surface area contributed by atoms with Gasteiger partial charge in [0.15, 0.2) is 11.5 Å². The van der Waals surface area contributed by atoms with Gasteiger partial charge in [-0.3, -0.25) is 14.3 Å². The van der Waals surface area contributed by atoms with Gasteiger partial charge in [-0.1, -0.05) is 7.43 Å². The Morgan fingerprint density at radius 2 is 1.79 bits per heavy atom. The molecule has 2 rings (SSSR count). The number of benzene rings is 1. The molecule has 0 saturated carbocycles. The zero-order valence-electron chi connectivity index (χ0n) is 18.3. The van der Waals surface area contributed by atoms with Crippen LogP contribution >= 0.6 is 0 Å². The quantitative estimate of drug-likeness (QED) is 0.142. The summed E-state index contributed by atoms with van der Waals surface area (Å²) in [6, 6.07) is 6.86. The van der Waals surface area contributed by atoms with Crippen molar-refractivity contribution in [1.82, 2.24) is 9.88 Å². The molecule has 0 spiro atoms. The molecule has 0 aliphatic rings. The molecule has 0 bridgehead atoms. The third-order valence-corrected chi connectivity index (χ3v) is 5.65. The van der Waals surface area contributed by atoms with Gasteiger partial charge in [-0.25, -0.2) is 8.42 Å². The van der Waals surface area contributed by atoms with Crippen LogP contribution in [0.15, 0.2) is 45.2 Å². The Labute approximate surface area is 197 Å². The van der Waals surface area contributed by atoms with E-state index < -0.39 is 21.5 Å². The summed E-state index contributed by atoms with van der Waals surface area (Å²) >= 11 is 0. The zero-order valence-corrected chi connectivity index (χ0v) is 19.1. The number of amides is 1. The van der Waals surface area contributed by atoms with Gasteiger partial charge in [-0.05, 0) is 36.3 Å². The van der Waals surface area contributed by atoms with Crippen molar-refractivity contribution < 1.29 is 27.5 Å². The fraction of sp³-hybridized carbons (Fsp3) is 0.350. The van der Waals surface area contributed by atoms with Crippen LogP contribution in [0.2, 0.25) is 0 Å². The molecule has 0 unspecified atom stereocenters. The van der Waals surface area contributed by atoms with Crippen molar-refractivity contribution in [3.8, 4) is 11.5 Å². The number of nitrogens with one attached hydrogen (secondary N) is 2. The van der Waals surface area contributed by atoms with E-state index in [2.05, 4.69) is 15.2 Å². The molecule has 0 saturated heterocycles. The van der Waals surface area contributed by atoms with E-state index in [9.17, 15) is 18.0 Å². The second-order valence-corrected chi connectivity index (χ2v) is 8.28. The Balaban J connectivity index is 0.00000578. The average Bonchev–Trinajstić information content (AvgIpc) is 2.77. The molecule has 13 nitrogen and oxygen atoms in total. The van der Waals surface area contributed by atoms with E-state index in [4.69, 9.17) is 25.8 Å². The molecule has 1 amide bonds. The molecule has 2 aromatic rings. The number of anilines is 1. The van der Waals surface area contributed by atoms with E-state index in [1.165, 1.54) is 44.6 Å². The van der Waals surface area contributed by atoms with Gasteiger partial charge < -0.3 is 35.7 Å². The number of carbonyl (C=O) groups is 1. The van der Waals surface area contributed by atoms with Crippen molar-refractivity contribution >= 4 is 27.6 Å². The number of nitrogens with two attached hydrogens (primary N) is 2. The molecule has 6 N–H and O–H groups in total. The zero-order chi connectivity index (χ0) is 24.6. The van der Waals surface area contributed by atoms with Gasteiger partial charge in [-0.15, -0.1) is 0 Å². The summed E-state index contributed by atoms with van der Waals surface area (Å²) in [6.07, 6.45) is 0. The van der Waals surface area contributed by atoms with Gasteiger partial charge in [0.25, 0.3) is 15.6 Å². The smallest absolute Gasteiger partial charge is 0.275 e. The Morgan fingerprint density at radius 3 is 2.41 bits per heavy atom. The number of ether oxygens (including phenoxy) is 2. The summed E-state index contributed by atoms with van der Waals surface area (Å²) in [5.41, 5.74) is 9.77. The minimum atomic E-state index is -4.13. The molecule has 1 aromatic heterocycles.